The minimum Gasteiger partial charge on any atom is -0.497 e. The quantitative estimate of drug-likeness (QED) is 0.682. The summed E-state index contributed by atoms with van der Waals surface area (Å²) < 4.78 is 6.10. The van der Waals surface area contributed by atoms with E-state index in [0.717, 1.165) is 38.8 Å². The Bertz CT molecular complexity index is 881. The number of amides is 2. The van der Waals surface area contributed by atoms with E-state index >= 15 is 0 Å². The SMILES string of the molecule is COc1ccc(C=C2SC(=O)N(CNc3ccc(Br)cc3C)C2=O)cc1. The predicted octanol–water partition coefficient (Wildman–Crippen LogP) is 4.87. The molecule has 0 bridgehead atoms. The zero-order valence-electron chi connectivity index (χ0n) is 14.3. The number of carbonyl (C=O) groups is 2. The topological polar surface area (TPSA) is 58.6 Å². The molecule has 1 heterocycles. The Balaban J connectivity index is 1.70. The average Bonchev–Trinajstić information content (AvgIpc) is 2.88. The molecule has 1 N–H and O–H groups in total. The molecule has 1 saturated heterocycles. The Kier molecular flexibility index (Phi) is 5.68. The maximum absolute atomic E-state index is 12.5. The van der Waals surface area contributed by atoms with Gasteiger partial charge in [-0.05, 0) is 66.2 Å². The van der Waals surface area contributed by atoms with Crippen LogP contribution in [0.3, 0.4) is 0 Å². The van der Waals surface area contributed by atoms with E-state index in [4.69, 9.17) is 4.74 Å². The highest BCUT2D eigenvalue weighted by molar-refractivity contribution is 9.10. The Morgan fingerprint density at radius 3 is 2.58 bits per heavy atom. The largest absolute Gasteiger partial charge is 0.497 e. The van der Waals surface area contributed by atoms with Crippen LogP contribution in [0.5, 0.6) is 5.75 Å². The molecule has 2 aromatic carbocycles. The van der Waals surface area contributed by atoms with Gasteiger partial charge in [-0.3, -0.25) is 14.5 Å². The number of carbonyl (C=O) groups excluding carboxylic acids is 2. The van der Waals surface area contributed by atoms with Crippen molar-refractivity contribution in [2.75, 3.05) is 19.1 Å². The third kappa shape index (κ3) is 4.11. The lowest BCUT2D eigenvalue weighted by molar-refractivity contribution is -0.122. The zero-order valence-corrected chi connectivity index (χ0v) is 16.7. The molecule has 3 rings (SSSR count). The van der Waals surface area contributed by atoms with E-state index in [0.29, 0.717) is 4.91 Å². The molecule has 1 aliphatic heterocycles. The molecule has 0 radical (unpaired) electrons. The summed E-state index contributed by atoms with van der Waals surface area (Å²) in [7, 11) is 1.60. The highest BCUT2D eigenvalue weighted by atomic mass is 79.9. The van der Waals surface area contributed by atoms with Gasteiger partial charge < -0.3 is 10.1 Å². The van der Waals surface area contributed by atoms with Crippen LogP contribution in [0, 0.1) is 6.92 Å². The van der Waals surface area contributed by atoms with Crippen LogP contribution in [0.1, 0.15) is 11.1 Å². The molecule has 0 saturated carbocycles. The van der Waals surface area contributed by atoms with Gasteiger partial charge >= 0.3 is 0 Å². The molecule has 0 aromatic heterocycles. The van der Waals surface area contributed by atoms with E-state index in [-0.39, 0.29) is 17.8 Å². The first kappa shape index (κ1) is 18.5. The number of aryl methyl sites for hydroxylation is 1. The summed E-state index contributed by atoms with van der Waals surface area (Å²) in [6.07, 6.45) is 1.72. The van der Waals surface area contributed by atoms with E-state index in [2.05, 4.69) is 21.2 Å². The fourth-order valence-electron chi connectivity index (χ4n) is 2.48. The van der Waals surface area contributed by atoms with Gasteiger partial charge in [0, 0.05) is 10.2 Å². The fourth-order valence-corrected chi connectivity index (χ4v) is 3.79. The molecule has 0 atom stereocenters. The number of rotatable bonds is 5. The van der Waals surface area contributed by atoms with Crippen molar-refractivity contribution >= 4 is 50.6 Å². The van der Waals surface area contributed by atoms with Crippen molar-refractivity contribution in [2.24, 2.45) is 0 Å². The molecule has 0 unspecified atom stereocenters. The molecule has 134 valence electrons. The molecular weight excluding hydrogens is 416 g/mol. The second kappa shape index (κ2) is 7.97. The number of hydrogen-bond acceptors (Lipinski definition) is 5. The van der Waals surface area contributed by atoms with Crippen LogP contribution in [-0.2, 0) is 4.79 Å². The highest BCUT2D eigenvalue weighted by Crippen LogP contribution is 2.32. The molecule has 5 nitrogen and oxygen atoms in total. The van der Waals surface area contributed by atoms with Crippen molar-refractivity contribution in [2.45, 2.75) is 6.92 Å². The van der Waals surface area contributed by atoms with Crippen LogP contribution in [0.25, 0.3) is 6.08 Å². The summed E-state index contributed by atoms with van der Waals surface area (Å²) in [5.41, 5.74) is 2.75. The number of benzene rings is 2. The molecule has 0 spiro atoms. The van der Waals surface area contributed by atoms with Gasteiger partial charge in [-0.15, -0.1) is 0 Å². The summed E-state index contributed by atoms with van der Waals surface area (Å²) in [6, 6.07) is 13.1. The fraction of sp³-hybridized carbons (Fsp3) is 0.158. The van der Waals surface area contributed by atoms with E-state index in [1.807, 2.05) is 49.4 Å². The zero-order chi connectivity index (χ0) is 18.7. The van der Waals surface area contributed by atoms with Crippen LogP contribution < -0.4 is 10.1 Å². The number of hydrogen-bond donors (Lipinski definition) is 1. The van der Waals surface area contributed by atoms with Gasteiger partial charge in [0.15, 0.2) is 0 Å². The van der Waals surface area contributed by atoms with Crippen LogP contribution in [0.15, 0.2) is 51.8 Å². The molecule has 2 amide bonds. The van der Waals surface area contributed by atoms with E-state index < -0.39 is 0 Å². The third-order valence-electron chi connectivity index (χ3n) is 3.90. The molecule has 2 aromatic rings. The predicted molar refractivity (Wildman–Crippen MR) is 108 cm³/mol. The number of nitrogens with one attached hydrogen (secondary N) is 1. The Morgan fingerprint density at radius 1 is 1.19 bits per heavy atom. The maximum atomic E-state index is 12.5. The van der Waals surface area contributed by atoms with Gasteiger partial charge in [-0.1, -0.05) is 28.1 Å². The van der Waals surface area contributed by atoms with Crippen LogP contribution >= 0.6 is 27.7 Å². The summed E-state index contributed by atoms with van der Waals surface area (Å²) in [5, 5.41) is 2.87. The summed E-state index contributed by atoms with van der Waals surface area (Å²) in [4.78, 5) is 26.4. The smallest absolute Gasteiger partial charge is 0.295 e. The Labute approximate surface area is 164 Å². The standard InChI is InChI=1S/C19H17BrN2O3S/c1-12-9-14(20)5-8-16(12)21-11-22-18(23)17(26-19(22)24)10-13-3-6-15(25-2)7-4-13/h3-10,21H,11H2,1-2H3. The van der Waals surface area contributed by atoms with E-state index in [1.54, 1.807) is 13.2 Å². The van der Waals surface area contributed by atoms with Crippen molar-refractivity contribution < 1.29 is 14.3 Å². The first-order chi connectivity index (χ1) is 12.5. The molecular formula is C19H17BrN2O3S. The second-order valence-corrected chi connectivity index (χ2v) is 7.59. The minimum atomic E-state index is -0.293. The first-order valence-corrected chi connectivity index (χ1v) is 9.48. The van der Waals surface area contributed by atoms with Crippen molar-refractivity contribution in [3.05, 3.63) is 63.0 Å². The summed E-state index contributed by atoms with van der Waals surface area (Å²) >= 11 is 4.36. The molecule has 26 heavy (non-hydrogen) atoms. The van der Waals surface area contributed by atoms with Gasteiger partial charge in [0.25, 0.3) is 11.1 Å². The number of halogens is 1. The Hall–Kier alpha value is -2.25. The Morgan fingerprint density at radius 2 is 1.92 bits per heavy atom. The number of anilines is 1. The normalized spacial score (nSPS) is 15.7. The average molecular weight is 433 g/mol. The van der Waals surface area contributed by atoms with Crippen molar-refractivity contribution in [1.82, 2.24) is 4.90 Å². The number of methoxy groups -OCH3 is 1. The first-order valence-electron chi connectivity index (χ1n) is 7.87. The van der Waals surface area contributed by atoms with Gasteiger partial charge in [-0.25, -0.2) is 0 Å². The number of thioether (sulfide) groups is 1. The lowest BCUT2D eigenvalue weighted by atomic mass is 10.2. The molecule has 1 fully saturated rings. The highest BCUT2D eigenvalue weighted by Gasteiger charge is 2.34. The lowest BCUT2D eigenvalue weighted by Crippen LogP contribution is -2.33. The number of ether oxygens (including phenoxy) is 1. The van der Waals surface area contributed by atoms with Crippen LogP contribution in [0.4, 0.5) is 10.5 Å². The van der Waals surface area contributed by atoms with E-state index in [9.17, 15) is 9.59 Å². The minimum absolute atomic E-state index is 0.132. The van der Waals surface area contributed by atoms with Crippen molar-refractivity contribution in [3.63, 3.8) is 0 Å². The maximum Gasteiger partial charge on any atom is 0.295 e. The third-order valence-corrected chi connectivity index (χ3v) is 5.30. The van der Waals surface area contributed by atoms with Gasteiger partial charge in [0.05, 0.1) is 18.7 Å². The summed E-state index contributed by atoms with van der Waals surface area (Å²) in [6.45, 7) is 2.09. The second-order valence-electron chi connectivity index (χ2n) is 5.68. The number of imide groups is 1. The van der Waals surface area contributed by atoms with Crippen LogP contribution in [0.2, 0.25) is 0 Å². The molecule has 1 aliphatic rings. The lowest BCUT2D eigenvalue weighted by Gasteiger charge is -2.16. The van der Waals surface area contributed by atoms with Crippen LogP contribution in [-0.4, -0.2) is 29.8 Å². The van der Waals surface area contributed by atoms with E-state index in [1.165, 1.54) is 4.90 Å². The monoisotopic (exact) mass is 432 g/mol. The molecule has 7 heteroatoms. The van der Waals surface area contributed by atoms with Crippen molar-refractivity contribution in [1.29, 1.82) is 0 Å². The van der Waals surface area contributed by atoms with Gasteiger partial charge in [0.1, 0.15) is 5.75 Å². The number of nitrogens with zero attached hydrogens (tertiary/aromatic N) is 1. The van der Waals surface area contributed by atoms with Crippen molar-refractivity contribution in [3.8, 4) is 5.75 Å². The molecule has 0 aliphatic carbocycles. The van der Waals surface area contributed by atoms with Gasteiger partial charge in [-0.2, -0.15) is 0 Å². The summed E-state index contributed by atoms with van der Waals surface area (Å²) in [5.74, 6) is 0.447. The van der Waals surface area contributed by atoms with Gasteiger partial charge in [0.2, 0.25) is 0 Å².